The number of ether oxygens (including phenoxy) is 4. The molecule has 0 spiro atoms. The van der Waals surface area contributed by atoms with Crippen LogP contribution >= 0.6 is 11.3 Å². The summed E-state index contributed by atoms with van der Waals surface area (Å²) in [6.45, 7) is 3.89. The molecule has 5 aromatic rings. The lowest BCUT2D eigenvalue weighted by Gasteiger charge is -2.28. The molecule has 1 aliphatic rings. The van der Waals surface area contributed by atoms with E-state index in [9.17, 15) is 9.18 Å². The van der Waals surface area contributed by atoms with Gasteiger partial charge in [-0.05, 0) is 49.2 Å². The molecule has 0 N–H and O–H groups in total. The lowest BCUT2D eigenvalue weighted by Crippen LogP contribution is -2.38. The number of thiazole rings is 1. The molecule has 2 aromatic carbocycles. The quantitative estimate of drug-likeness (QED) is 0.272. The molecule has 0 bridgehead atoms. The van der Waals surface area contributed by atoms with E-state index in [4.69, 9.17) is 23.9 Å². The zero-order valence-corrected chi connectivity index (χ0v) is 22.2. The molecule has 1 atom stereocenters. The van der Waals surface area contributed by atoms with Crippen LogP contribution in [0.25, 0.3) is 31.8 Å². The van der Waals surface area contributed by atoms with Crippen LogP contribution in [0.1, 0.15) is 11.1 Å². The van der Waals surface area contributed by atoms with Gasteiger partial charge in [0.05, 0.1) is 35.5 Å². The highest BCUT2D eigenvalue weighted by molar-refractivity contribution is 7.22. The van der Waals surface area contributed by atoms with Gasteiger partial charge in [0.15, 0.2) is 18.1 Å². The van der Waals surface area contributed by atoms with Crippen molar-refractivity contribution in [3.8, 4) is 28.0 Å². The number of pyridine rings is 1. The Morgan fingerprint density at radius 1 is 1.15 bits per heavy atom. The van der Waals surface area contributed by atoms with Gasteiger partial charge in [-0.15, -0.1) is 11.3 Å². The van der Waals surface area contributed by atoms with Crippen molar-refractivity contribution in [3.05, 3.63) is 59.8 Å². The molecular formula is C27H22FN5O5S. The second-order valence-electron chi connectivity index (χ2n) is 8.95. The molecule has 4 heterocycles. The summed E-state index contributed by atoms with van der Waals surface area (Å²) < 4.78 is 37.0. The van der Waals surface area contributed by atoms with Crippen LogP contribution in [-0.2, 0) is 4.74 Å². The third-order valence-corrected chi connectivity index (χ3v) is 7.30. The maximum Gasteiger partial charge on any atom is 0.417 e. The van der Waals surface area contributed by atoms with E-state index in [0.717, 1.165) is 42.9 Å². The normalized spacial score (nSPS) is 14.4. The highest BCUT2D eigenvalue weighted by Crippen LogP contribution is 2.46. The third-order valence-electron chi connectivity index (χ3n) is 6.21. The first kappa shape index (κ1) is 24.7. The number of aryl methyl sites for hydroxylation is 2. The highest BCUT2D eigenvalue weighted by Gasteiger charge is 2.30. The zero-order chi connectivity index (χ0) is 27.3. The number of anilines is 1. The number of hydrogen-bond donors (Lipinski definition) is 0. The van der Waals surface area contributed by atoms with Crippen LogP contribution in [0.5, 0.6) is 17.4 Å². The molecule has 198 valence electrons. The van der Waals surface area contributed by atoms with Gasteiger partial charge in [-0.1, -0.05) is 0 Å². The number of rotatable bonds is 4. The van der Waals surface area contributed by atoms with Crippen LogP contribution < -0.4 is 19.1 Å². The predicted molar refractivity (Wildman–Crippen MR) is 143 cm³/mol. The fourth-order valence-electron chi connectivity index (χ4n) is 4.32. The van der Waals surface area contributed by atoms with Crippen molar-refractivity contribution in [3.63, 3.8) is 0 Å². The standard InChI is InChI=1S/C27H22FN5O5S/c1-13-7-16(23-17(8-13)31-20(35-4)11-30-23)26-32-22-14(2)9-18-24(25(22)39-26)36-12-21(37-18)38-27(34)33(3)15-5-6-29-19(28)10-15/h5-11,21H,12H2,1-4H3. The van der Waals surface area contributed by atoms with E-state index in [-0.39, 0.29) is 6.61 Å². The Bertz CT molecular complexity index is 1760. The van der Waals surface area contributed by atoms with Crippen molar-refractivity contribution < 1.29 is 28.1 Å². The molecule has 0 fully saturated rings. The molecule has 0 saturated heterocycles. The maximum absolute atomic E-state index is 13.5. The van der Waals surface area contributed by atoms with Crippen molar-refractivity contribution in [1.29, 1.82) is 0 Å². The molecule has 1 aliphatic heterocycles. The molecule has 1 amide bonds. The number of nitrogens with zero attached hydrogens (tertiary/aromatic N) is 5. The van der Waals surface area contributed by atoms with E-state index in [1.54, 1.807) is 13.3 Å². The van der Waals surface area contributed by atoms with E-state index in [1.807, 2.05) is 32.0 Å². The van der Waals surface area contributed by atoms with Gasteiger partial charge in [-0.25, -0.2) is 24.7 Å². The molecule has 1 unspecified atom stereocenters. The van der Waals surface area contributed by atoms with Crippen molar-refractivity contribution >= 4 is 44.4 Å². The Labute approximate surface area is 226 Å². The first-order valence-electron chi connectivity index (χ1n) is 11.9. The number of carbonyl (C=O) groups excluding carboxylic acids is 1. The van der Waals surface area contributed by atoms with Gasteiger partial charge >= 0.3 is 6.09 Å². The number of amides is 1. The fourth-order valence-corrected chi connectivity index (χ4v) is 5.47. The molecule has 0 saturated carbocycles. The number of carbonyl (C=O) groups is 1. The van der Waals surface area contributed by atoms with Crippen molar-refractivity contribution in [2.45, 2.75) is 20.1 Å². The summed E-state index contributed by atoms with van der Waals surface area (Å²) in [4.78, 5) is 31.3. The van der Waals surface area contributed by atoms with Gasteiger partial charge in [0.2, 0.25) is 11.8 Å². The minimum Gasteiger partial charge on any atom is -0.480 e. The summed E-state index contributed by atoms with van der Waals surface area (Å²) >= 11 is 1.46. The molecule has 39 heavy (non-hydrogen) atoms. The molecule has 0 radical (unpaired) electrons. The SMILES string of the molecule is COc1cnc2c(-c3nc4c(C)cc5c(c4s3)OCC(OC(=O)N(C)c3ccnc(F)c3)O5)cc(C)cc2n1. The summed E-state index contributed by atoms with van der Waals surface area (Å²) in [5.41, 5.74) is 5.25. The molecule has 10 nitrogen and oxygen atoms in total. The summed E-state index contributed by atoms with van der Waals surface area (Å²) in [6, 6.07) is 8.42. The van der Waals surface area contributed by atoms with Crippen molar-refractivity contribution in [2.75, 3.05) is 25.7 Å². The van der Waals surface area contributed by atoms with Crippen molar-refractivity contribution in [1.82, 2.24) is 19.9 Å². The van der Waals surface area contributed by atoms with Crippen LogP contribution in [0, 0.1) is 19.8 Å². The minimum atomic E-state index is -0.991. The zero-order valence-electron chi connectivity index (χ0n) is 21.4. The largest absolute Gasteiger partial charge is 0.480 e. The smallest absolute Gasteiger partial charge is 0.417 e. The molecule has 0 aliphatic carbocycles. The number of halogens is 1. The van der Waals surface area contributed by atoms with Crippen LogP contribution in [0.15, 0.2) is 42.7 Å². The van der Waals surface area contributed by atoms with Crippen LogP contribution in [-0.4, -0.2) is 53.1 Å². The van der Waals surface area contributed by atoms with E-state index in [1.165, 1.54) is 30.6 Å². The number of aromatic nitrogens is 4. The van der Waals surface area contributed by atoms with Gasteiger partial charge < -0.3 is 18.9 Å². The van der Waals surface area contributed by atoms with E-state index in [0.29, 0.717) is 34.1 Å². The fraction of sp³-hybridized carbons (Fsp3) is 0.222. The Morgan fingerprint density at radius 2 is 2.00 bits per heavy atom. The monoisotopic (exact) mass is 547 g/mol. The van der Waals surface area contributed by atoms with Gasteiger partial charge in [0.25, 0.3) is 6.29 Å². The lowest BCUT2D eigenvalue weighted by atomic mass is 10.1. The van der Waals surface area contributed by atoms with Crippen LogP contribution in [0.3, 0.4) is 0 Å². The number of fused-ring (bicyclic) bond motifs is 4. The molecular weight excluding hydrogens is 525 g/mol. The summed E-state index contributed by atoms with van der Waals surface area (Å²) in [7, 11) is 3.02. The van der Waals surface area contributed by atoms with Crippen LogP contribution in [0.2, 0.25) is 0 Å². The number of methoxy groups -OCH3 is 1. The Morgan fingerprint density at radius 3 is 2.79 bits per heavy atom. The number of hydrogen-bond acceptors (Lipinski definition) is 10. The summed E-state index contributed by atoms with van der Waals surface area (Å²) in [5, 5.41) is 0.762. The maximum atomic E-state index is 13.5. The van der Waals surface area contributed by atoms with E-state index in [2.05, 4.69) is 15.0 Å². The first-order valence-corrected chi connectivity index (χ1v) is 12.7. The van der Waals surface area contributed by atoms with Gasteiger partial charge in [-0.3, -0.25) is 4.90 Å². The molecule has 12 heteroatoms. The lowest BCUT2D eigenvalue weighted by molar-refractivity contribution is -0.0718. The summed E-state index contributed by atoms with van der Waals surface area (Å²) in [6.07, 6.45) is 1.14. The average molecular weight is 548 g/mol. The molecule has 3 aromatic heterocycles. The van der Waals surface area contributed by atoms with Crippen molar-refractivity contribution in [2.24, 2.45) is 0 Å². The second-order valence-corrected chi connectivity index (χ2v) is 9.95. The minimum absolute atomic E-state index is 0.0265. The third kappa shape index (κ3) is 4.52. The topological polar surface area (TPSA) is 109 Å². The van der Waals surface area contributed by atoms with E-state index < -0.39 is 18.3 Å². The Balaban J connectivity index is 1.30. The first-order chi connectivity index (χ1) is 18.8. The van der Waals surface area contributed by atoms with Gasteiger partial charge in [0.1, 0.15) is 9.71 Å². The van der Waals surface area contributed by atoms with Crippen LogP contribution in [0.4, 0.5) is 14.9 Å². The van der Waals surface area contributed by atoms with E-state index >= 15 is 0 Å². The van der Waals surface area contributed by atoms with Gasteiger partial charge in [-0.2, -0.15) is 4.39 Å². The highest BCUT2D eigenvalue weighted by atomic mass is 32.1. The average Bonchev–Trinajstić information content (AvgIpc) is 3.38. The Kier molecular flexibility index (Phi) is 6.10. The molecule has 6 rings (SSSR count). The Hall–Kier alpha value is -4.58. The predicted octanol–water partition coefficient (Wildman–Crippen LogP) is 5.44. The summed E-state index contributed by atoms with van der Waals surface area (Å²) in [5.74, 6) is 0.705. The second kappa shape index (κ2) is 9.62. The van der Waals surface area contributed by atoms with Gasteiger partial charge in [0, 0.05) is 24.9 Å². The number of benzene rings is 2.